The summed E-state index contributed by atoms with van der Waals surface area (Å²) in [7, 11) is 3.00. The summed E-state index contributed by atoms with van der Waals surface area (Å²) in [6, 6.07) is 11.5. The Bertz CT molecular complexity index is 1610. The number of hydrogen-bond acceptors (Lipinski definition) is 12. The molecule has 260 valence electrons. The van der Waals surface area contributed by atoms with Gasteiger partial charge in [-0.15, -0.1) is 5.10 Å². The van der Waals surface area contributed by atoms with Gasteiger partial charge in [0.25, 0.3) is 5.91 Å². The lowest BCUT2D eigenvalue weighted by Gasteiger charge is -2.11. The fourth-order valence-electron chi connectivity index (χ4n) is 4.55. The molecule has 0 aliphatic heterocycles. The van der Waals surface area contributed by atoms with Crippen LogP contribution in [0.5, 0.6) is 11.5 Å². The minimum absolute atomic E-state index is 0.214. The van der Waals surface area contributed by atoms with Crippen molar-refractivity contribution in [3.05, 3.63) is 70.1 Å². The van der Waals surface area contributed by atoms with Crippen LogP contribution in [-0.4, -0.2) is 108 Å². The molecule has 0 aliphatic rings. The Kier molecular flexibility index (Phi) is 15.3. The predicted octanol–water partition coefficient (Wildman–Crippen LogP) is 3.14. The fraction of sp³-hybridized carbons (Fsp3) is 0.471. The maximum Gasteiger partial charge on any atom is 0.251 e. The predicted molar refractivity (Wildman–Crippen MR) is 177 cm³/mol. The van der Waals surface area contributed by atoms with Crippen LogP contribution in [0, 0.1) is 0 Å². The van der Waals surface area contributed by atoms with Gasteiger partial charge in [0.05, 0.1) is 97.9 Å². The van der Waals surface area contributed by atoms with Gasteiger partial charge in [-0.2, -0.15) is 0 Å². The van der Waals surface area contributed by atoms with Gasteiger partial charge in [-0.1, -0.05) is 24.3 Å². The lowest BCUT2D eigenvalue weighted by Crippen LogP contribution is -2.27. The molecule has 4 aromatic rings. The summed E-state index contributed by atoms with van der Waals surface area (Å²) >= 11 is 0. The van der Waals surface area contributed by atoms with Crippen molar-refractivity contribution in [1.29, 1.82) is 0 Å². The molecule has 0 bridgehead atoms. The van der Waals surface area contributed by atoms with Crippen molar-refractivity contribution < 1.29 is 42.4 Å². The topological polar surface area (TPSA) is 155 Å². The van der Waals surface area contributed by atoms with Crippen molar-refractivity contribution in [2.75, 3.05) is 86.8 Å². The first-order chi connectivity index (χ1) is 23.5. The fourth-order valence-corrected chi connectivity index (χ4v) is 4.55. The number of benzene rings is 2. The van der Waals surface area contributed by atoms with Crippen LogP contribution in [0.25, 0.3) is 22.3 Å². The number of aryl methyl sites for hydroxylation is 1. The molecule has 4 rings (SSSR count). The second kappa shape index (κ2) is 20.1. The second-order valence-electron chi connectivity index (χ2n) is 10.4. The zero-order valence-corrected chi connectivity index (χ0v) is 27.7. The highest BCUT2D eigenvalue weighted by atomic mass is 16.6. The van der Waals surface area contributed by atoms with Gasteiger partial charge in [-0.05, 0) is 30.7 Å². The number of carbonyl (C=O) groups excluding carboxylic acids is 1. The van der Waals surface area contributed by atoms with E-state index in [0.717, 1.165) is 12.1 Å². The molecule has 0 unspecified atom stereocenters. The number of carbonyl (C=O) groups is 1. The van der Waals surface area contributed by atoms with Crippen LogP contribution in [0.2, 0.25) is 0 Å². The number of hydrogen-bond donors (Lipinski definition) is 1. The van der Waals surface area contributed by atoms with Crippen LogP contribution in [0.3, 0.4) is 0 Å². The molecule has 0 spiro atoms. The Morgan fingerprint density at radius 3 is 2.02 bits per heavy atom. The maximum absolute atomic E-state index is 12.7. The van der Waals surface area contributed by atoms with Crippen molar-refractivity contribution >= 4 is 16.9 Å². The molecule has 1 N–H and O–H groups in total. The maximum atomic E-state index is 12.7. The van der Waals surface area contributed by atoms with Crippen LogP contribution in [0.15, 0.2) is 57.9 Å². The number of nitrogens with zero attached hydrogens (tertiary/aromatic N) is 3. The average molecular weight is 669 g/mol. The zero-order valence-electron chi connectivity index (χ0n) is 27.7. The number of rotatable bonds is 23. The van der Waals surface area contributed by atoms with E-state index in [1.165, 1.54) is 20.3 Å². The molecule has 0 saturated heterocycles. The summed E-state index contributed by atoms with van der Waals surface area (Å²) in [6.45, 7) is 7.67. The first kappa shape index (κ1) is 36.5. The number of fused-ring (bicyclic) bond motifs is 1. The lowest BCUT2D eigenvalue weighted by atomic mass is 10.1. The molecular formula is C34H44N4O10. The molecule has 0 fully saturated rings. The Balaban J connectivity index is 1.000. The zero-order chi connectivity index (χ0) is 34.0. The average Bonchev–Trinajstić information content (AvgIpc) is 3.58. The molecule has 1 amide bonds. The van der Waals surface area contributed by atoms with E-state index in [1.807, 2.05) is 13.1 Å². The highest BCUT2D eigenvalue weighted by molar-refractivity contribution is 5.94. The third-order valence-electron chi connectivity index (χ3n) is 7.10. The van der Waals surface area contributed by atoms with E-state index in [0.29, 0.717) is 119 Å². The molecule has 0 atom stereocenters. The van der Waals surface area contributed by atoms with E-state index in [1.54, 1.807) is 41.1 Å². The Labute approximate surface area is 279 Å². The molecule has 2 aromatic heterocycles. The second-order valence-corrected chi connectivity index (χ2v) is 10.4. The number of aromatic nitrogens is 3. The number of nitrogens with one attached hydrogen (secondary N) is 1. The molecule has 48 heavy (non-hydrogen) atoms. The Morgan fingerprint density at radius 1 is 0.812 bits per heavy atom. The highest BCUT2D eigenvalue weighted by Gasteiger charge is 2.16. The quantitative estimate of drug-likeness (QED) is 0.116. The molecule has 2 aromatic carbocycles. The van der Waals surface area contributed by atoms with Gasteiger partial charge in [0.1, 0.15) is 5.76 Å². The summed E-state index contributed by atoms with van der Waals surface area (Å²) in [4.78, 5) is 25.3. The molecule has 2 heterocycles. The van der Waals surface area contributed by atoms with Crippen LogP contribution in [-0.2, 0) is 36.6 Å². The number of ether oxygens (including phenoxy) is 7. The summed E-state index contributed by atoms with van der Waals surface area (Å²) < 4.78 is 46.1. The van der Waals surface area contributed by atoms with Crippen molar-refractivity contribution in [2.45, 2.75) is 19.9 Å². The number of methoxy groups -OCH3 is 2. The smallest absolute Gasteiger partial charge is 0.251 e. The lowest BCUT2D eigenvalue weighted by molar-refractivity contribution is -0.0113. The van der Waals surface area contributed by atoms with Gasteiger partial charge in [0.2, 0.25) is 5.75 Å². The van der Waals surface area contributed by atoms with Crippen molar-refractivity contribution in [3.63, 3.8) is 0 Å². The Hall–Kier alpha value is -4.34. The minimum atomic E-state index is -0.241. The SMILES string of the molecule is CCc1cn(CCOCCOCCOCCOCCOCCNC(=O)c2ccc(-c3cc(=O)c4ccc(OC)c(OC)c4o3)cc2)nn1. The van der Waals surface area contributed by atoms with Gasteiger partial charge in [0.15, 0.2) is 16.8 Å². The molecule has 0 radical (unpaired) electrons. The van der Waals surface area contributed by atoms with Crippen molar-refractivity contribution in [3.8, 4) is 22.8 Å². The summed E-state index contributed by atoms with van der Waals surface area (Å²) in [5.41, 5.74) is 2.15. The van der Waals surface area contributed by atoms with E-state index >= 15 is 0 Å². The van der Waals surface area contributed by atoms with Crippen LogP contribution in [0.1, 0.15) is 23.0 Å². The molecular weight excluding hydrogens is 624 g/mol. The van der Waals surface area contributed by atoms with Crippen molar-refractivity contribution in [2.24, 2.45) is 0 Å². The monoisotopic (exact) mass is 668 g/mol. The van der Waals surface area contributed by atoms with Gasteiger partial charge < -0.3 is 42.9 Å². The van der Waals surface area contributed by atoms with Gasteiger partial charge in [-0.3, -0.25) is 9.59 Å². The van der Waals surface area contributed by atoms with E-state index < -0.39 is 0 Å². The Morgan fingerprint density at radius 2 is 1.44 bits per heavy atom. The summed E-state index contributed by atoms with van der Waals surface area (Å²) in [5.74, 6) is 0.901. The van der Waals surface area contributed by atoms with E-state index in [2.05, 4.69) is 15.6 Å². The van der Waals surface area contributed by atoms with Crippen LogP contribution in [0.4, 0.5) is 0 Å². The first-order valence-electron chi connectivity index (χ1n) is 15.9. The van der Waals surface area contributed by atoms with E-state index in [4.69, 9.17) is 37.6 Å². The summed E-state index contributed by atoms with van der Waals surface area (Å²) in [6.07, 6.45) is 2.79. The standard InChI is InChI=1S/C34H44N4O10/c1-4-27-24-38(37-36-27)12-14-44-16-18-46-20-22-47-21-19-45-17-15-43-13-11-35-34(40)26-7-5-25(6-8-26)31-23-29(39)28-9-10-30(41-2)33(42-3)32(28)48-31/h5-10,23-24H,4,11-22H2,1-3H3,(H,35,40). The van der Waals surface area contributed by atoms with Gasteiger partial charge >= 0.3 is 0 Å². The van der Waals surface area contributed by atoms with Crippen LogP contribution >= 0.6 is 0 Å². The third kappa shape index (κ3) is 11.1. The molecule has 14 nitrogen and oxygen atoms in total. The highest BCUT2D eigenvalue weighted by Crippen LogP contribution is 2.36. The van der Waals surface area contributed by atoms with Crippen LogP contribution < -0.4 is 20.2 Å². The van der Waals surface area contributed by atoms with Gasteiger partial charge in [-0.25, -0.2) is 4.68 Å². The normalized spacial score (nSPS) is 11.2. The minimum Gasteiger partial charge on any atom is -0.493 e. The summed E-state index contributed by atoms with van der Waals surface area (Å²) in [5, 5.41) is 11.3. The molecule has 0 aliphatic carbocycles. The van der Waals surface area contributed by atoms with Crippen molar-refractivity contribution in [1.82, 2.24) is 20.3 Å². The van der Waals surface area contributed by atoms with E-state index in [9.17, 15) is 9.59 Å². The molecule has 0 saturated carbocycles. The van der Waals surface area contributed by atoms with Gasteiger partial charge in [0, 0.05) is 29.9 Å². The molecule has 14 heteroatoms. The largest absolute Gasteiger partial charge is 0.493 e. The third-order valence-corrected chi connectivity index (χ3v) is 7.10. The van der Waals surface area contributed by atoms with E-state index in [-0.39, 0.29) is 11.3 Å². The number of amides is 1. The first-order valence-corrected chi connectivity index (χ1v) is 15.9.